The van der Waals surface area contributed by atoms with Gasteiger partial charge in [0, 0.05) is 0 Å². The van der Waals surface area contributed by atoms with Crippen LogP contribution in [0.3, 0.4) is 0 Å². The Hall–Kier alpha value is -0.230. The molecule has 10 heavy (non-hydrogen) atoms. The number of rotatable bonds is 0. The Morgan fingerprint density at radius 2 is 1.60 bits per heavy atom. The van der Waals surface area contributed by atoms with Crippen LogP contribution in [0.4, 0.5) is 4.39 Å². The van der Waals surface area contributed by atoms with Crippen molar-refractivity contribution in [1.82, 2.24) is 5.32 Å². The van der Waals surface area contributed by atoms with E-state index in [9.17, 15) is 4.39 Å². The average molecular weight is 153 g/mol. The van der Waals surface area contributed by atoms with E-state index in [0.717, 1.165) is 13.1 Å². The topological polar surface area (TPSA) is 95.6 Å². The Labute approximate surface area is 60.0 Å². The lowest BCUT2D eigenvalue weighted by atomic mass is 10.1. The third-order valence-corrected chi connectivity index (χ3v) is 1.27. The third kappa shape index (κ3) is 5.90. The van der Waals surface area contributed by atoms with Crippen LogP contribution < -0.4 is 17.0 Å². The number of hydrogen-bond donors (Lipinski definition) is 3. The van der Waals surface area contributed by atoms with Crippen LogP contribution in [-0.2, 0) is 0 Å². The van der Waals surface area contributed by atoms with Crippen molar-refractivity contribution in [2.45, 2.75) is 19.0 Å². The van der Waals surface area contributed by atoms with Crippen molar-refractivity contribution in [2.75, 3.05) is 13.1 Å². The van der Waals surface area contributed by atoms with Gasteiger partial charge in [-0.3, -0.25) is 11.7 Å². The van der Waals surface area contributed by atoms with E-state index in [2.05, 4.69) is 17.0 Å². The molecule has 0 atom stereocenters. The summed E-state index contributed by atoms with van der Waals surface area (Å²) in [6.07, 6.45) is 0.890. The molecule has 0 amide bonds. The van der Waals surface area contributed by atoms with Gasteiger partial charge in [0.05, 0.1) is 0 Å². The van der Waals surface area contributed by atoms with Crippen molar-refractivity contribution in [3.8, 4) is 0 Å². The fourth-order valence-corrected chi connectivity index (χ4v) is 0.787. The normalized spacial score (nSPS) is 18.3. The lowest BCUT2D eigenvalue weighted by molar-refractivity contribution is 0.262. The van der Waals surface area contributed by atoms with Gasteiger partial charge in [-0.1, -0.05) is 0 Å². The number of alkyl halides is 1. The Bertz CT molecular complexity index is 58.9. The Kier molecular flexibility index (Phi) is 10.9. The summed E-state index contributed by atoms with van der Waals surface area (Å²) in [6, 6.07) is 0. The monoisotopic (exact) mass is 153 g/mol. The molecule has 1 aliphatic heterocycles. The number of piperidine rings is 1. The highest BCUT2D eigenvalue weighted by Gasteiger charge is 2.09. The number of hydrogen-bond acceptors (Lipinski definition) is 3. The van der Waals surface area contributed by atoms with Crippen molar-refractivity contribution >= 4 is 0 Å². The van der Waals surface area contributed by atoms with Crippen LogP contribution in [-0.4, -0.2) is 24.7 Å². The van der Waals surface area contributed by atoms with Crippen LogP contribution in [0.1, 0.15) is 12.8 Å². The van der Waals surface area contributed by atoms with E-state index in [1.54, 1.807) is 0 Å². The molecule has 1 heterocycles. The summed E-state index contributed by atoms with van der Waals surface area (Å²) < 4.78 is 12.1. The molecule has 0 saturated carbocycles. The number of hydrazine groups is 1. The van der Waals surface area contributed by atoms with Gasteiger partial charge < -0.3 is 10.8 Å². The SMILES string of the molecule is FC1CCNCC1.NN.O. The molecule has 7 N–H and O–H groups in total. The van der Waals surface area contributed by atoms with Crippen LogP contribution in [0.15, 0.2) is 0 Å². The van der Waals surface area contributed by atoms with E-state index in [0.29, 0.717) is 12.8 Å². The third-order valence-electron chi connectivity index (χ3n) is 1.27. The maximum absolute atomic E-state index is 12.1. The highest BCUT2D eigenvalue weighted by molar-refractivity contribution is 4.65. The summed E-state index contributed by atoms with van der Waals surface area (Å²) in [5.41, 5.74) is 0. The highest BCUT2D eigenvalue weighted by atomic mass is 19.1. The fourth-order valence-electron chi connectivity index (χ4n) is 0.787. The van der Waals surface area contributed by atoms with Gasteiger partial charge >= 0.3 is 0 Å². The summed E-state index contributed by atoms with van der Waals surface area (Å²) in [5.74, 6) is 8.00. The summed E-state index contributed by atoms with van der Waals surface area (Å²) in [5, 5.41) is 3.08. The van der Waals surface area contributed by atoms with Gasteiger partial charge in [0.25, 0.3) is 0 Å². The summed E-state index contributed by atoms with van der Waals surface area (Å²) >= 11 is 0. The lowest BCUT2D eigenvalue weighted by Gasteiger charge is -2.14. The van der Waals surface area contributed by atoms with E-state index in [-0.39, 0.29) is 5.48 Å². The molecule has 0 radical (unpaired) electrons. The summed E-state index contributed by atoms with van der Waals surface area (Å²) in [7, 11) is 0. The molecule has 1 aliphatic rings. The molecule has 0 aromatic carbocycles. The van der Waals surface area contributed by atoms with Crippen LogP contribution in [0.2, 0.25) is 0 Å². The second-order valence-corrected chi connectivity index (χ2v) is 1.92. The first-order valence-corrected chi connectivity index (χ1v) is 3.08. The maximum Gasteiger partial charge on any atom is 0.103 e. The molecule has 0 bridgehead atoms. The van der Waals surface area contributed by atoms with E-state index < -0.39 is 6.17 Å². The van der Waals surface area contributed by atoms with Gasteiger partial charge in [0.2, 0.25) is 0 Å². The Balaban J connectivity index is 0. The second kappa shape index (κ2) is 8.77. The number of halogens is 1. The molecular formula is C5H16FN3O. The molecule has 1 rings (SSSR count). The van der Waals surface area contributed by atoms with Gasteiger partial charge in [-0.15, -0.1) is 0 Å². The Morgan fingerprint density at radius 1 is 1.20 bits per heavy atom. The maximum atomic E-state index is 12.1. The minimum absolute atomic E-state index is 0. The van der Waals surface area contributed by atoms with Crippen LogP contribution >= 0.6 is 0 Å². The van der Waals surface area contributed by atoms with Crippen LogP contribution in [0.5, 0.6) is 0 Å². The lowest BCUT2D eigenvalue weighted by Crippen LogP contribution is -2.28. The largest absolute Gasteiger partial charge is 0.412 e. The highest BCUT2D eigenvalue weighted by Crippen LogP contribution is 2.04. The zero-order valence-corrected chi connectivity index (χ0v) is 5.94. The quantitative estimate of drug-likeness (QED) is 0.298. The van der Waals surface area contributed by atoms with Crippen molar-refractivity contribution in [1.29, 1.82) is 0 Å². The summed E-state index contributed by atoms with van der Waals surface area (Å²) in [4.78, 5) is 0. The minimum Gasteiger partial charge on any atom is -0.412 e. The van der Waals surface area contributed by atoms with Crippen molar-refractivity contribution in [2.24, 2.45) is 11.7 Å². The van der Waals surface area contributed by atoms with E-state index in [1.165, 1.54) is 0 Å². The predicted octanol–water partition coefficient (Wildman–Crippen LogP) is -1.30. The number of nitrogens with two attached hydrogens (primary N) is 2. The van der Waals surface area contributed by atoms with Crippen LogP contribution in [0.25, 0.3) is 0 Å². The van der Waals surface area contributed by atoms with Crippen LogP contribution in [0, 0.1) is 0 Å². The molecule has 64 valence electrons. The molecule has 0 spiro atoms. The molecule has 4 nitrogen and oxygen atoms in total. The predicted molar refractivity (Wildman–Crippen MR) is 39.0 cm³/mol. The number of nitrogens with one attached hydrogen (secondary N) is 1. The zero-order chi connectivity index (χ0) is 7.11. The average Bonchev–Trinajstić information content (AvgIpc) is 1.94. The Morgan fingerprint density at radius 3 is 1.80 bits per heavy atom. The van der Waals surface area contributed by atoms with Crippen molar-refractivity contribution < 1.29 is 9.87 Å². The van der Waals surface area contributed by atoms with Crippen molar-refractivity contribution in [3.63, 3.8) is 0 Å². The molecule has 5 heteroatoms. The molecule has 1 fully saturated rings. The zero-order valence-electron chi connectivity index (χ0n) is 5.94. The molecule has 0 aliphatic carbocycles. The molecule has 0 unspecified atom stereocenters. The smallest absolute Gasteiger partial charge is 0.103 e. The first kappa shape index (κ1) is 12.4. The fraction of sp³-hybridized carbons (Fsp3) is 1.00. The van der Waals surface area contributed by atoms with Gasteiger partial charge in [-0.05, 0) is 25.9 Å². The second-order valence-electron chi connectivity index (χ2n) is 1.92. The van der Waals surface area contributed by atoms with E-state index in [1.807, 2.05) is 0 Å². The standard InChI is InChI=1S/C5H10FN.H4N2.H2O/c6-5-1-3-7-4-2-5;1-2;/h5,7H,1-4H2;1-2H2;1H2. The molecule has 0 aromatic heterocycles. The minimum atomic E-state index is -0.527. The first-order valence-electron chi connectivity index (χ1n) is 3.08. The van der Waals surface area contributed by atoms with Gasteiger partial charge in [-0.25, -0.2) is 4.39 Å². The van der Waals surface area contributed by atoms with Gasteiger partial charge in [0.15, 0.2) is 0 Å². The molecule has 1 saturated heterocycles. The van der Waals surface area contributed by atoms with Crippen molar-refractivity contribution in [3.05, 3.63) is 0 Å². The van der Waals surface area contributed by atoms with Gasteiger partial charge in [0.1, 0.15) is 6.17 Å². The summed E-state index contributed by atoms with van der Waals surface area (Å²) in [6.45, 7) is 1.72. The molecular weight excluding hydrogens is 137 g/mol. The first-order chi connectivity index (χ1) is 4.39. The molecule has 0 aromatic rings. The van der Waals surface area contributed by atoms with E-state index in [4.69, 9.17) is 0 Å². The van der Waals surface area contributed by atoms with Gasteiger partial charge in [-0.2, -0.15) is 0 Å². The van der Waals surface area contributed by atoms with E-state index >= 15 is 0 Å².